The molecule has 0 saturated carbocycles. The first-order valence-electron chi connectivity index (χ1n) is 6.31. The molecule has 0 fully saturated rings. The van der Waals surface area contributed by atoms with Crippen molar-refractivity contribution >= 4 is 0 Å². The van der Waals surface area contributed by atoms with E-state index in [1.165, 1.54) is 5.56 Å². The second-order valence-corrected chi connectivity index (χ2v) is 4.28. The molecule has 0 amide bonds. The van der Waals surface area contributed by atoms with Crippen molar-refractivity contribution in [1.29, 1.82) is 0 Å². The molecule has 1 aromatic rings. The van der Waals surface area contributed by atoms with Gasteiger partial charge in [0.2, 0.25) is 0 Å². The average molecular weight is 252 g/mol. The molecule has 0 aliphatic rings. The average Bonchev–Trinajstić information content (AvgIpc) is 2.39. The molecular weight excluding hydrogens is 228 g/mol. The standard InChI is InChI=1S/C14H24N2O2/c1-5-15-8-9-16(2)11-12-6-7-13(17-3)14(10-12)18-4/h6-7,10,15H,5,8-9,11H2,1-4H3. The van der Waals surface area contributed by atoms with Crippen LogP contribution in [0.5, 0.6) is 11.5 Å². The van der Waals surface area contributed by atoms with Crippen molar-refractivity contribution in [2.75, 3.05) is 40.9 Å². The second kappa shape index (κ2) is 7.95. The van der Waals surface area contributed by atoms with Gasteiger partial charge in [0.1, 0.15) is 0 Å². The van der Waals surface area contributed by atoms with Crippen molar-refractivity contribution in [3.8, 4) is 11.5 Å². The van der Waals surface area contributed by atoms with Crippen LogP contribution in [0.4, 0.5) is 0 Å². The molecule has 0 atom stereocenters. The van der Waals surface area contributed by atoms with Crippen LogP contribution in [0.15, 0.2) is 18.2 Å². The van der Waals surface area contributed by atoms with Gasteiger partial charge in [-0.15, -0.1) is 0 Å². The van der Waals surface area contributed by atoms with Crippen LogP contribution in [0.1, 0.15) is 12.5 Å². The zero-order valence-electron chi connectivity index (χ0n) is 11.8. The van der Waals surface area contributed by atoms with E-state index in [1.54, 1.807) is 14.2 Å². The zero-order chi connectivity index (χ0) is 13.4. The van der Waals surface area contributed by atoms with Gasteiger partial charge in [-0.25, -0.2) is 0 Å². The Morgan fingerprint density at radius 3 is 2.50 bits per heavy atom. The van der Waals surface area contributed by atoms with Gasteiger partial charge < -0.3 is 19.7 Å². The summed E-state index contributed by atoms with van der Waals surface area (Å²) in [6, 6.07) is 6.06. The molecule has 0 radical (unpaired) electrons. The SMILES string of the molecule is CCNCCN(C)Cc1ccc(OC)c(OC)c1. The fourth-order valence-electron chi connectivity index (χ4n) is 1.82. The fraction of sp³-hybridized carbons (Fsp3) is 0.571. The number of hydrogen-bond donors (Lipinski definition) is 1. The Kier molecular flexibility index (Phi) is 6.54. The number of rotatable bonds is 8. The molecule has 0 spiro atoms. The molecule has 0 aromatic heterocycles. The van der Waals surface area contributed by atoms with Crippen LogP contribution in [-0.4, -0.2) is 45.8 Å². The number of benzene rings is 1. The molecule has 1 aromatic carbocycles. The van der Waals surface area contributed by atoms with Crippen LogP contribution in [0.3, 0.4) is 0 Å². The van der Waals surface area contributed by atoms with E-state index in [4.69, 9.17) is 9.47 Å². The van der Waals surface area contributed by atoms with Crippen LogP contribution in [-0.2, 0) is 6.54 Å². The molecule has 0 aliphatic carbocycles. The van der Waals surface area contributed by atoms with Crippen LogP contribution < -0.4 is 14.8 Å². The summed E-state index contributed by atoms with van der Waals surface area (Å²) in [5, 5.41) is 3.32. The van der Waals surface area contributed by atoms with Gasteiger partial charge in [-0.3, -0.25) is 0 Å². The first kappa shape index (κ1) is 14.8. The lowest BCUT2D eigenvalue weighted by Gasteiger charge is -2.17. The van der Waals surface area contributed by atoms with Gasteiger partial charge in [-0.2, -0.15) is 0 Å². The maximum absolute atomic E-state index is 5.30. The lowest BCUT2D eigenvalue weighted by molar-refractivity contribution is 0.322. The molecule has 0 heterocycles. The van der Waals surface area contributed by atoms with E-state index in [0.717, 1.165) is 37.7 Å². The molecule has 0 aliphatic heterocycles. The number of likely N-dealkylation sites (N-methyl/N-ethyl adjacent to an activating group) is 2. The summed E-state index contributed by atoms with van der Waals surface area (Å²) in [6.07, 6.45) is 0. The molecule has 0 unspecified atom stereocenters. The maximum atomic E-state index is 5.30. The van der Waals surface area contributed by atoms with E-state index in [0.29, 0.717) is 0 Å². The summed E-state index contributed by atoms with van der Waals surface area (Å²) in [4.78, 5) is 2.28. The Morgan fingerprint density at radius 2 is 1.89 bits per heavy atom. The molecular formula is C14H24N2O2. The van der Waals surface area contributed by atoms with Crippen molar-refractivity contribution < 1.29 is 9.47 Å². The number of hydrogen-bond acceptors (Lipinski definition) is 4. The molecule has 4 nitrogen and oxygen atoms in total. The van der Waals surface area contributed by atoms with Crippen molar-refractivity contribution in [1.82, 2.24) is 10.2 Å². The van der Waals surface area contributed by atoms with E-state index in [-0.39, 0.29) is 0 Å². The van der Waals surface area contributed by atoms with E-state index in [1.807, 2.05) is 12.1 Å². The molecule has 1 N–H and O–H groups in total. The summed E-state index contributed by atoms with van der Waals surface area (Å²) in [5.74, 6) is 1.56. The minimum Gasteiger partial charge on any atom is -0.493 e. The van der Waals surface area contributed by atoms with Crippen LogP contribution in [0.2, 0.25) is 0 Å². The van der Waals surface area contributed by atoms with Gasteiger partial charge in [0.25, 0.3) is 0 Å². The second-order valence-electron chi connectivity index (χ2n) is 4.28. The summed E-state index contributed by atoms with van der Waals surface area (Å²) < 4.78 is 10.5. The van der Waals surface area contributed by atoms with E-state index in [9.17, 15) is 0 Å². The van der Waals surface area contributed by atoms with E-state index >= 15 is 0 Å². The summed E-state index contributed by atoms with van der Waals surface area (Å²) in [6.45, 7) is 6.09. The van der Waals surface area contributed by atoms with Gasteiger partial charge in [0.05, 0.1) is 14.2 Å². The minimum atomic E-state index is 0.775. The third-order valence-electron chi connectivity index (χ3n) is 2.82. The zero-order valence-corrected chi connectivity index (χ0v) is 11.8. The highest BCUT2D eigenvalue weighted by Crippen LogP contribution is 2.27. The van der Waals surface area contributed by atoms with Crippen molar-refractivity contribution in [3.05, 3.63) is 23.8 Å². The summed E-state index contributed by atoms with van der Waals surface area (Å²) in [5.41, 5.74) is 1.23. The van der Waals surface area contributed by atoms with Crippen molar-refractivity contribution in [3.63, 3.8) is 0 Å². The van der Waals surface area contributed by atoms with Gasteiger partial charge in [-0.05, 0) is 31.3 Å². The molecule has 18 heavy (non-hydrogen) atoms. The largest absolute Gasteiger partial charge is 0.493 e. The van der Waals surface area contributed by atoms with Crippen molar-refractivity contribution in [2.45, 2.75) is 13.5 Å². The van der Waals surface area contributed by atoms with Crippen LogP contribution in [0.25, 0.3) is 0 Å². The third kappa shape index (κ3) is 4.55. The number of methoxy groups -OCH3 is 2. The monoisotopic (exact) mass is 252 g/mol. The quantitative estimate of drug-likeness (QED) is 0.715. The highest BCUT2D eigenvalue weighted by Gasteiger charge is 2.06. The molecule has 0 saturated heterocycles. The van der Waals surface area contributed by atoms with Crippen molar-refractivity contribution in [2.24, 2.45) is 0 Å². The Labute approximate surface area is 110 Å². The normalized spacial score (nSPS) is 10.7. The van der Waals surface area contributed by atoms with Crippen LogP contribution >= 0.6 is 0 Å². The molecule has 102 valence electrons. The Balaban J connectivity index is 2.56. The Bertz CT molecular complexity index is 356. The third-order valence-corrected chi connectivity index (χ3v) is 2.82. The topological polar surface area (TPSA) is 33.7 Å². The smallest absolute Gasteiger partial charge is 0.161 e. The van der Waals surface area contributed by atoms with Gasteiger partial charge in [-0.1, -0.05) is 13.0 Å². The molecule has 4 heteroatoms. The number of nitrogens with zero attached hydrogens (tertiary/aromatic N) is 1. The van der Waals surface area contributed by atoms with Crippen LogP contribution in [0, 0.1) is 0 Å². The van der Waals surface area contributed by atoms with E-state index < -0.39 is 0 Å². The highest BCUT2D eigenvalue weighted by molar-refractivity contribution is 5.42. The first-order chi connectivity index (χ1) is 8.71. The first-order valence-corrected chi connectivity index (χ1v) is 6.31. The Hall–Kier alpha value is -1.26. The van der Waals surface area contributed by atoms with Gasteiger partial charge in [0.15, 0.2) is 11.5 Å². The highest BCUT2D eigenvalue weighted by atomic mass is 16.5. The van der Waals surface area contributed by atoms with Gasteiger partial charge in [0, 0.05) is 19.6 Å². The molecule has 1 rings (SSSR count). The lowest BCUT2D eigenvalue weighted by atomic mass is 10.2. The fourth-order valence-corrected chi connectivity index (χ4v) is 1.82. The maximum Gasteiger partial charge on any atom is 0.161 e. The minimum absolute atomic E-state index is 0.775. The summed E-state index contributed by atoms with van der Waals surface area (Å²) >= 11 is 0. The number of nitrogens with one attached hydrogen (secondary N) is 1. The summed E-state index contributed by atoms with van der Waals surface area (Å²) in [7, 11) is 5.44. The lowest BCUT2D eigenvalue weighted by Crippen LogP contribution is -2.28. The predicted molar refractivity (Wildman–Crippen MR) is 74.4 cm³/mol. The van der Waals surface area contributed by atoms with Gasteiger partial charge >= 0.3 is 0 Å². The number of ether oxygens (including phenoxy) is 2. The Morgan fingerprint density at radius 1 is 1.17 bits per heavy atom. The van der Waals surface area contributed by atoms with E-state index in [2.05, 4.69) is 30.3 Å². The molecule has 0 bridgehead atoms. The predicted octanol–water partition coefficient (Wildman–Crippen LogP) is 1.75.